The minimum absolute atomic E-state index is 0.196. The zero-order valence-corrected chi connectivity index (χ0v) is 29.3. The molecular formula is C31H56N6O9S. The number of carbonyl (C=O) groups is 3. The molecule has 0 atom stereocenters. The van der Waals surface area contributed by atoms with Crippen LogP contribution in [0.15, 0.2) is 14.4 Å². The third-order valence-corrected chi connectivity index (χ3v) is 7.77. The van der Waals surface area contributed by atoms with Gasteiger partial charge >= 0.3 is 35.3 Å². The molecule has 1 aromatic heterocycles. The molecule has 3 N–H and O–H groups in total. The van der Waals surface area contributed by atoms with E-state index in [1.54, 1.807) is 25.6 Å². The van der Waals surface area contributed by atoms with Crippen molar-refractivity contribution in [3.8, 4) is 0 Å². The molecule has 0 bridgehead atoms. The van der Waals surface area contributed by atoms with Crippen LogP contribution < -0.4 is 33.0 Å². The Balaban J connectivity index is 2.73. The molecule has 0 saturated carbocycles. The summed E-state index contributed by atoms with van der Waals surface area (Å²) in [5.41, 5.74) is -1.79. The van der Waals surface area contributed by atoms with Gasteiger partial charge in [0.15, 0.2) is 0 Å². The van der Waals surface area contributed by atoms with Crippen molar-refractivity contribution < 1.29 is 28.6 Å². The molecule has 16 heteroatoms. The summed E-state index contributed by atoms with van der Waals surface area (Å²) in [6.45, 7) is 6.49. The first-order chi connectivity index (χ1) is 22.8. The van der Waals surface area contributed by atoms with Crippen molar-refractivity contribution in [3.05, 3.63) is 31.5 Å². The van der Waals surface area contributed by atoms with Crippen LogP contribution in [0.5, 0.6) is 0 Å². The lowest BCUT2D eigenvalue weighted by Gasteiger charge is -2.14. The van der Waals surface area contributed by atoms with E-state index in [0.29, 0.717) is 58.7 Å². The molecule has 270 valence electrons. The number of carbonyl (C=O) groups excluding carboxylic acids is 3. The van der Waals surface area contributed by atoms with Crippen molar-refractivity contribution in [1.82, 2.24) is 29.7 Å². The van der Waals surface area contributed by atoms with E-state index in [9.17, 15) is 28.8 Å². The zero-order chi connectivity index (χ0) is 34.7. The number of rotatable bonds is 26. The number of hydrogen-bond acceptors (Lipinski definition) is 10. The maximum atomic E-state index is 13.3. The van der Waals surface area contributed by atoms with Gasteiger partial charge in [0.05, 0.1) is 13.2 Å². The number of unbranched alkanes of at least 4 members (excludes halogenated alkanes) is 9. The Hall–Kier alpha value is -3.43. The Morgan fingerprint density at radius 1 is 0.532 bits per heavy atom. The van der Waals surface area contributed by atoms with E-state index in [2.05, 4.69) is 16.0 Å². The topological polar surface area (TPSA) is 181 Å². The van der Waals surface area contributed by atoms with Crippen molar-refractivity contribution in [3.63, 3.8) is 0 Å². The van der Waals surface area contributed by atoms with E-state index in [0.717, 1.165) is 77.2 Å². The van der Waals surface area contributed by atoms with Crippen LogP contribution in [0.25, 0.3) is 0 Å². The molecule has 0 radical (unpaired) electrons. The fraction of sp³-hybridized carbons (Fsp3) is 0.806. The number of aromatic nitrogens is 3. The third kappa shape index (κ3) is 18.5. The van der Waals surface area contributed by atoms with Gasteiger partial charge in [0.2, 0.25) is 0 Å². The summed E-state index contributed by atoms with van der Waals surface area (Å²) in [4.78, 5) is 74.4. The Labute approximate surface area is 281 Å². The second kappa shape index (κ2) is 26.6. The highest BCUT2D eigenvalue weighted by Gasteiger charge is 2.15. The molecule has 0 saturated heterocycles. The lowest BCUT2D eigenvalue weighted by Crippen LogP contribution is -2.54. The van der Waals surface area contributed by atoms with E-state index in [1.807, 2.05) is 6.26 Å². The van der Waals surface area contributed by atoms with E-state index in [1.165, 1.54) is 0 Å². The molecule has 0 aromatic carbocycles. The molecule has 0 spiro atoms. The van der Waals surface area contributed by atoms with Crippen molar-refractivity contribution in [2.45, 2.75) is 111 Å². The number of alkyl carbamates (subject to hydrolysis) is 3. The first-order valence-electron chi connectivity index (χ1n) is 16.9. The second-order valence-electron chi connectivity index (χ2n) is 10.9. The maximum Gasteiger partial charge on any atom is 0.407 e. The van der Waals surface area contributed by atoms with Crippen LogP contribution in [0, 0.1) is 0 Å². The molecular weight excluding hydrogens is 632 g/mol. The van der Waals surface area contributed by atoms with Gasteiger partial charge in [0.25, 0.3) is 0 Å². The molecule has 0 aliphatic heterocycles. The molecule has 1 heterocycles. The Kier molecular flexibility index (Phi) is 23.6. The largest absolute Gasteiger partial charge is 0.450 e. The van der Waals surface area contributed by atoms with Gasteiger partial charge in [0.1, 0.15) is 6.61 Å². The standard InChI is InChI=1S/C31H56N6O9S/c1-4-44-26(38)32-18-12-6-9-15-21-35-29(41)36(22-16-10-7-13-19-33-27(39)45-5-2)31(43)37(30(35)42)23-17-11-8-14-20-34-28(40)46-24-25-47-3/h4-25H2,1-3H3,(H,32,38)(H,33,39)(H,34,40). The summed E-state index contributed by atoms with van der Waals surface area (Å²) in [6, 6.07) is 0. The fourth-order valence-corrected chi connectivity index (χ4v) is 4.96. The first-order valence-corrected chi connectivity index (χ1v) is 18.3. The number of nitrogens with zero attached hydrogens (tertiary/aromatic N) is 3. The number of amides is 3. The number of nitrogens with one attached hydrogen (secondary N) is 3. The van der Waals surface area contributed by atoms with Crippen LogP contribution in [-0.4, -0.2) is 83.4 Å². The highest BCUT2D eigenvalue weighted by atomic mass is 32.2. The van der Waals surface area contributed by atoms with E-state index in [-0.39, 0.29) is 19.6 Å². The summed E-state index contributed by atoms with van der Waals surface area (Å²) in [7, 11) is 0. The monoisotopic (exact) mass is 688 g/mol. The Bertz CT molecular complexity index is 1150. The van der Waals surface area contributed by atoms with E-state index in [4.69, 9.17) is 14.2 Å². The Morgan fingerprint density at radius 2 is 0.851 bits per heavy atom. The average Bonchev–Trinajstić information content (AvgIpc) is 3.04. The van der Waals surface area contributed by atoms with Crippen LogP contribution in [0.2, 0.25) is 0 Å². The van der Waals surface area contributed by atoms with Crippen LogP contribution in [0.3, 0.4) is 0 Å². The number of thioether (sulfide) groups is 1. The van der Waals surface area contributed by atoms with Crippen molar-refractivity contribution in [1.29, 1.82) is 0 Å². The van der Waals surface area contributed by atoms with Crippen LogP contribution in [-0.2, 0) is 33.8 Å². The van der Waals surface area contributed by atoms with Crippen LogP contribution >= 0.6 is 11.8 Å². The number of hydrogen-bond donors (Lipinski definition) is 3. The molecule has 0 aliphatic carbocycles. The maximum absolute atomic E-state index is 13.3. The smallest absolute Gasteiger partial charge is 0.407 e. The highest BCUT2D eigenvalue weighted by Crippen LogP contribution is 2.03. The second-order valence-corrected chi connectivity index (χ2v) is 11.9. The summed E-state index contributed by atoms with van der Waals surface area (Å²) >= 11 is 1.60. The summed E-state index contributed by atoms with van der Waals surface area (Å²) in [5.74, 6) is 0.744. The molecule has 0 aliphatic rings. The molecule has 0 fully saturated rings. The van der Waals surface area contributed by atoms with E-state index < -0.39 is 35.3 Å². The molecule has 47 heavy (non-hydrogen) atoms. The first kappa shape index (κ1) is 41.6. The predicted molar refractivity (Wildman–Crippen MR) is 182 cm³/mol. The van der Waals surface area contributed by atoms with Crippen molar-refractivity contribution in [2.24, 2.45) is 0 Å². The van der Waals surface area contributed by atoms with Crippen LogP contribution in [0.4, 0.5) is 14.4 Å². The highest BCUT2D eigenvalue weighted by molar-refractivity contribution is 7.98. The van der Waals surface area contributed by atoms with Crippen LogP contribution in [0.1, 0.15) is 90.9 Å². The van der Waals surface area contributed by atoms with Crippen molar-refractivity contribution >= 4 is 30.0 Å². The van der Waals surface area contributed by atoms with Gasteiger partial charge in [-0.2, -0.15) is 11.8 Å². The lowest BCUT2D eigenvalue weighted by atomic mass is 10.2. The SMILES string of the molecule is CCOC(=O)NCCCCCCn1c(=O)n(CCCCCCNC(=O)OCC)c(=O)n(CCCCCCNC(=O)OCCSC)c1=O. The van der Waals surface area contributed by atoms with Crippen molar-refractivity contribution in [2.75, 3.05) is 51.5 Å². The minimum Gasteiger partial charge on any atom is -0.450 e. The van der Waals surface area contributed by atoms with Gasteiger partial charge in [-0.05, 0) is 58.6 Å². The third-order valence-electron chi connectivity index (χ3n) is 7.19. The van der Waals surface area contributed by atoms with Gasteiger partial charge < -0.3 is 30.2 Å². The molecule has 15 nitrogen and oxygen atoms in total. The normalized spacial score (nSPS) is 10.8. The Morgan fingerprint density at radius 3 is 1.17 bits per heavy atom. The van der Waals surface area contributed by atoms with Gasteiger partial charge in [-0.15, -0.1) is 0 Å². The minimum atomic E-state index is -0.598. The fourth-order valence-electron chi connectivity index (χ4n) is 4.71. The molecule has 0 unspecified atom stereocenters. The quantitative estimate of drug-likeness (QED) is 0.0964. The summed E-state index contributed by atoms with van der Waals surface area (Å²) < 4.78 is 18.2. The molecule has 3 amide bonds. The molecule has 1 rings (SSSR count). The van der Waals surface area contributed by atoms with E-state index >= 15 is 0 Å². The lowest BCUT2D eigenvalue weighted by molar-refractivity contribution is 0.151. The zero-order valence-electron chi connectivity index (χ0n) is 28.5. The molecule has 1 aromatic rings. The average molecular weight is 689 g/mol. The number of ether oxygens (including phenoxy) is 3. The van der Waals surface area contributed by atoms with Gasteiger partial charge in [-0.3, -0.25) is 0 Å². The predicted octanol–water partition coefficient (Wildman–Crippen LogP) is 3.43. The summed E-state index contributed by atoms with van der Waals surface area (Å²) in [5, 5.41) is 8.06. The van der Waals surface area contributed by atoms with Gasteiger partial charge in [0, 0.05) is 45.0 Å². The van der Waals surface area contributed by atoms with Gasteiger partial charge in [-0.1, -0.05) is 38.5 Å². The summed E-state index contributed by atoms with van der Waals surface area (Å²) in [6.07, 6.45) is 9.17. The van der Waals surface area contributed by atoms with Gasteiger partial charge in [-0.25, -0.2) is 42.5 Å².